The van der Waals surface area contributed by atoms with Crippen molar-refractivity contribution in [1.82, 2.24) is 4.98 Å². The number of hydrogen-bond donors (Lipinski definition) is 1. The summed E-state index contributed by atoms with van der Waals surface area (Å²) in [5.74, 6) is 0. The van der Waals surface area contributed by atoms with Gasteiger partial charge in [0, 0.05) is 23.1 Å². The van der Waals surface area contributed by atoms with Crippen molar-refractivity contribution in [2.24, 2.45) is 0 Å². The van der Waals surface area contributed by atoms with Gasteiger partial charge in [0.2, 0.25) is 0 Å². The Balaban J connectivity index is 2.05. The van der Waals surface area contributed by atoms with E-state index in [0.717, 1.165) is 33.0 Å². The molecule has 0 saturated heterocycles. The predicted octanol–water partition coefficient (Wildman–Crippen LogP) is 4.86. The molecule has 0 amide bonds. The number of nitrogens with two attached hydrogens (primary N) is 1. The van der Waals surface area contributed by atoms with Crippen molar-refractivity contribution in [3.8, 4) is 22.4 Å². The van der Waals surface area contributed by atoms with E-state index in [2.05, 4.69) is 23.2 Å². The highest BCUT2D eigenvalue weighted by Gasteiger charge is 2.09. The molecule has 3 rings (SSSR count). The first-order valence-corrected chi connectivity index (χ1v) is 8.02. The minimum absolute atomic E-state index is 0.533. The van der Waals surface area contributed by atoms with Crippen molar-refractivity contribution in [2.45, 2.75) is 6.61 Å². The predicted molar refractivity (Wildman–Crippen MR) is 93.1 cm³/mol. The van der Waals surface area contributed by atoms with Gasteiger partial charge in [-0.15, -0.1) is 11.3 Å². The van der Waals surface area contributed by atoms with Gasteiger partial charge in [-0.3, -0.25) is 0 Å². The average molecular weight is 331 g/mol. The Hall–Kier alpha value is -1.88. The number of halogens is 1. The third-order valence-corrected chi connectivity index (χ3v) is 4.30. The van der Waals surface area contributed by atoms with Crippen molar-refractivity contribution in [3.05, 3.63) is 58.4 Å². The topological polar surface area (TPSA) is 48.1 Å². The second-order valence-electron chi connectivity index (χ2n) is 4.88. The molecule has 2 aromatic carbocycles. The van der Waals surface area contributed by atoms with E-state index in [1.807, 2.05) is 29.6 Å². The number of rotatable bonds is 4. The molecule has 22 heavy (non-hydrogen) atoms. The van der Waals surface area contributed by atoms with Gasteiger partial charge in [-0.25, -0.2) is 4.98 Å². The third-order valence-electron chi connectivity index (χ3n) is 3.38. The number of ether oxygens (including phenoxy) is 1. The summed E-state index contributed by atoms with van der Waals surface area (Å²) in [5, 5.41) is 3.26. The molecular formula is C17H15ClN2OS. The fourth-order valence-corrected chi connectivity index (χ4v) is 3.06. The second-order valence-corrected chi connectivity index (χ2v) is 6.21. The Morgan fingerprint density at radius 2 is 1.86 bits per heavy atom. The van der Waals surface area contributed by atoms with Gasteiger partial charge in [0.15, 0.2) is 5.13 Å². The number of benzene rings is 2. The van der Waals surface area contributed by atoms with E-state index in [0.29, 0.717) is 11.7 Å². The van der Waals surface area contributed by atoms with Crippen LogP contribution in [0.5, 0.6) is 0 Å². The second kappa shape index (κ2) is 6.48. The van der Waals surface area contributed by atoms with E-state index in [-0.39, 0.29) is 0 Å². The monoisotopic (exact) mass is 330 g/mol. The fourth-order valence-electron chi connectivity index (χ4n) is 2.36. The Kier molecular flexibility index (Phi) is 4.43. The van der Waals surface area contributed by atoms with E-state index in [4.69, 9.17) is 22.1 Å². The first-order chi connectivity index (χ1) is 10.7. The first-order valence-electron chi connectivity index (χ1n) is 6.76. The maximum absolute atomic E-state index is 5.96. The number of nitrogen functional groups attached to an aromatic ring is 1. The number of aromatic nitrogens is 1. The van der Waals surface area contributed by atoms with E-state index >= 15 is 0 Å². The molecule has 3 aromatic rings. The minimum Gasteiger partial charge on any atom is -0.380 e. The summed E-state index contributed by atoms with van der Waals surface area (Å²) in [4.78, 5) is 4.33. The Labute approximate surface area is 138 Å². The third kappa shape index (κ3) is 3.14. The highest BCUT2D eigenvalue weighted by atomic mass is 35.5. The molecule has 0 aliphatic rings. The van der Waals surface area contributed by atoms with Gasteiger partial charge in [0.1, 0.15) is 0 Å². The molecule has 0 aliphatic heterocycles. The number of anilines is 1. The molecule has 5 heteroatoms. The first kappa shape index (κ1) is 15.0. The molecule has 0 aliphatic carbocycles. The molecule has 0 spiro atoms. The van der Waals surface area contributed by atoms with Gasteiger partial charge in [-0.2, -0.15) is 0 Å². The SMILES string of the molecule is COCc1cc(-c2csc(N)n2)ccc1-c1ccc(Cl)cc1. The number of thiazole rings is 1. The van der Waals surface area contributed by atoms with Crippen LogP contribution in [0.1, 0.15) is 5.56 Å². The number of methoxy groups -OCH3 is 1. The Morgan fingerprint density at radius 3 is 2.50 bits per heavy atom. The van der Waals surface area contributed by atoms with Crippen LogP contribution in [-0.4, -0.2) is 12.1 Å². The molecule has 0 bridgehead atoms. The van der Waals surface area contributed by atoms with Gasteiger partial charge >= 0.3 is 0 Å². The van der Waals surface area contributed by atoms with E-state index in [1.165, 1.54) is 11.3 Å². The van der Waals surface area contributed by atoms with Gasteiger partial charge in [0.25, 0.3) is 0 Å². The Morgan fingerprint density at radius 1 is 1.14 bits per heavy atom. The molecule has 2 N–H and O–H groups in total. The molecule has 0 unspecified atom stereocenters. The summed E-state index contributed by atoms with van der Waals surface area (Å²) < 4.78 is 5.34. The molecule has 0 radical (unpaired) electrons. The van der Waals surface area contributed by atoms with Crippen LogP contribution in [0.4, 0.5) is 5.13 Å². The summed E-state index contributed by atoms with van der Waals surface area (Å²) in [6.07, 6.45) is 0. The maximum atomic E-state index is 5.96. The number of hydrogen-bond acceptors (Lipinski definition) is 4. The lowest BCUT2D eigenvalue weighted by Crippen LogP contribution is -1.94. The molecule has 0 atom stereocenters. The lowest BCUT2D eigenvalue weighted by atomic mass is 9.97. The lowest BCUT2D eigenvalue weighted by Gasteiger charge is -2.11. The molecular weight excluding hydrogens is 316 g/mol. The van der Waals surface area contributed by atoms with Crippen molar-refractivity contribution in [3.63, 3.8) is 0 Å². The van der Waals surface area contributed by atoms with Gasteiger partial charge < -0.3 is 10.5 Å². The molecule has 0 fully saturated rings. The molecule has 112 valence electrons. The van der Waals surface area contributed by atoms with Crippen LogP contribution >= 0.6 is 22.9 Å². The maximum Gasteiger partial charge on any atom is 0.180 e. The van der Waals surface area contributed by atoms with Crippen LogP contribution in [0.2, 0.25) is 5.02 Å². The summed E-state index contributed by atoms with van der Waals surface area (Å²) in [5.41, 5.74) is 11.0. The van der Waals surface area contributed by atoms with Crippen molar-refractivity contribution < 1.29 is 4.74 Å². The van der Waals surface area contributed by atoms with Gasteiger partial charge in [0.05, 0.1) is 12.3 Å². The molecule has 1 aromatic heterocycles. The zero-order chi connectivity index (χ0) is 15.5. The summed E-state index contributed by atoms with van der Waals surface area (Å²) in [6.45, 7) is 0.533. The quantitative estimate of drug-likeness (QED) is 0.743. The lowest BCUT2D eigenvalue weighted by molar-refractivity contribution is 0.185. The van der Waals surface area contributed by atoms with E-state index < -0.39 is 0 Å². The standard InChI is InChI=1S/C17H15ClN2OS/c1-21-9-13-8-12(16-10-22-17(19)20-16)4-7-15(13)11-2-5-14(18)6-3-11/h2-8,10H,9H2,1H3,(H2,19,20). The highest BCUT2D eigenvalue weighted by molar-refractivity contribution is 7.13. The normalized spacial score (nSPS) is 10.8. The largest absolute Gasteiger partial charge is 0.380 e. The average Bonchev–Trinajstić information content (AvgIpc) is 2.95. The fraction of sp³-hybridized carbons (Fsp3) is 0.118. The summed E-state index contributed by atoms with van der Waals surface area (Å²) in [6, 6.07) is 14.0. The zero-order valence-corrected chi connectivity index (χ0v) is 13.6. The van der Waals surface area contributed by atoms with E-state index in [9.17, 15) is 0 Å². The summed E-state index contributed by atoms with van der Waals surface area (Å²) in [7, 11) is 1.69. The van der Waals surface area contributed by atoms with Crippen LogP contribution in [0.25, 0.3) is 22.4 Å². The van der Waals surface area contributed by atoms with Crippen molar-refractivity contribution >= 4 is 28.1 Å². The molecule has 3 nitrogen and oxygen atoms in total. The Bertz CT molecular complexity index is 784. The van der Waals surface area contributed by atoms with Crippen LogP contribution < -0.4 is 5.73 Å². The van der Waals surface area contributed by atoms with Crippen molar-refractivity contribution in [2.75, 3.05) is 12.8 Å². The molecule has 0 saturated carbocycles. The van der Waals surface area contributed by atoms with Gasteiger partial charge in [-0.1, -0.05) is 35.9 Å². The van der Waals surface area contributed by atoms with E-state index in [1.54, 1.807) is 7.11 Å². The smallest absolute Gasteiger partial charge is 0.180 e. The zero-order valence-electron chi connectivity index (χ0n) is 12.0. The summed E-state index contributed by atoms with van der Waals surface area (Å²) >= 11 is 7.41. The highest BCUT2D eigenvalue weighted by Crippen LogP contribution is 2.31. The van der Waals surface area contributed by atoms with Crippen LogP contribution in [0, 0.1) is 0 Å². The molecule has 1 heterocycles. The van der Waals surface area contributed by atoms with Crippen LogP contribution in [-0.2, 0) is 11.3 Å². The van der Waals surface area contributed by atoms with Crippen molar-refractivity contribution in [1.29, 1.82) is 0 Å². The minimum atomic E-state index is 0.533. The van der Waals surface area contributed by atoms with Crippen LogP contribution in [0.3, 0.4) is 0 Å². The van der Waals surface area contributed by atoms with Gasteiger partial charge in [-0.05, 0) is 34.9 Å². The number of nitrogens with zero attached hydrogens (tertiary/aromatic N) is 1. The van der Waals surface area contributed by atoms with Crippen LogP contribution in [0.15, 0.2) is 47.8 Å².